The Balaban J connectivity index is 2.06. The first-order chi connectivity index (χ1) is 8.52. The van der Waals surface area contributed by atoms with E-state index in [2.05, 4.69) is 27.3 Å². The molecule has 0 radical (unpaired) electrons. The van der Waals surface area contributed by atoms with Crippen molar-refractivity contribution < 1.29 is 5.11 Å². The van der Waals surface area contributed by atoms with Gasteiger partial charge in [-0.05, 0) is 50.1 Å². The second-order valence-electron chi connectivity index (χ2n) is 5.60. The highest BCUT2D eigenvalue weighted by atomic mass is 16.3. The molecule has 1 aromatic heterocycles. The minimum Gasteiger partial charge on any atom is -0.389 e. The predicted octanol–water partition coefficient (Wildman–Crippen LogP) is 0.818. The van der Waals surface area contributed by atoms with Crippen LogP contribution in [0.5, 0.6) is 0 Å². The number of likely N-dealkylation sites (tertiary alicyclic amines) is 1. The van der Waals surface area contributed by atoms with Crippen molar-refractivity contribution in [1.29, 1.82) is 0 Å². The van der Waals surface area contributed by atoms with Crippen molar-refractivity contribution in [1.82, 2.24) is 25.1 Å². The molecule has 2 heterocycles. The zero-order valence-electron chi connectivity index (χ0n) is 11.5. The normalized spacial score (nSPS) is 21.7. The fraction of sp³-hybridized carbons (Fsp3) is 0.917. The van der Waals surface area contributed by atoms with Gasteiger partial charge in [0.15, 0.2) is 5.82 Å². The summed E-state index contributed by atoms with van der Waals surface area (Å²) in [6.07, 6.45) is 3.19. The number of aryl methyl sites for hydroxylation is 1. The third-order valence-corrected chi connectivity index (χ3v) is 3.57. The monoisotopic (exact) mass is 253 g/mol. The first kappa shape index (κ1) is 13.4. The van der Waals surface area contributed by atoms with Crippen LogP contribution in [-0.2, 0) is 13.1 Å². The summed E-state index contributed by atoms with van der Waals surface area (Å²) in [7, 11) is 0. The van der Waals surface area contributed by atoms with Crippen LogP contribution in [0, 0.1) is 0 Å². The van der Waals surface area contributed by atoms with E-state index in [1.54, 1.807) is 0 Å². The highest BCUT2D eigenvalue weighted by Crippen LogP contribution is 2.27. The topological polar surface area (TPSA) is 67.1 Å². The van der Waals surface area contributed by atoms with Gasteiger partial charge in [0.2, 0.25) is 0 Å². The molecule has 1 aliphatic heterocycles. The van der Waals surface area contributed by atoms with Crippen LogP contribution in [0.25, 0.3) is 0 Å². The van der Waals surface area contributed by atoms with Gasteiger partial charge in [-0.2, -0.15) is 0 Å². The number of aliphatic hydroxyl groups is 1. The van der Waals surface area contributed by atoms with Crippen LogP contribution < -0.4 is 0 Å². The summed E-state index contributed by atoms with van der Waals surface area (Å²) in [4.78, 5) is 2.29. The van der Waals surface area contributed by atoms with Gasteiger partial charge in [0.1, 0.15) is 0 Å². The molecule has 0 spiro atoms. The Morgan fingerprint density at radius 2 is 2.22 bits per heavy atom. The molecule has 1 aliphatic rings. The standard InChI is InChI=1S/C12H23N5O/c1-4-7-17-11(13-14-15-17)9-16-8-5-6-10(16)12(2,3)18/h10,18H,4-9H2,1-3H3. The second-order valence-corrected chi connectivity index (χ2v) is 5.60. The van der Waals surface area contributed by atoms with Crippen LogP contribution in [0.15, 0.2) is 0 Å². The van der Waals surface area contributed by atoms with Gasteiger partial charge in [-0.1, -0.05) is 6.92 Å². The highest BCUT2D eigenvalue weighted by Gasteiger charge is 2.36. The van der Waals surface area contributed by atoms with Gasteiger partial charge in [0, 0.05) is 12.6 Å². The maximum Gasteiger partial charge on any atom is 0.165 e. The SMILES string of the molecule is CCCn1nnnc1CN1CCCC1C(C)(C)O. The van der Waals surface area contributed by atoms with Crippen LogP contribution in [0.2, 0.25) is 0 Å². The zero-order chi connectivity index (χ0) is 13.2. The quantitative estimate of drug-likeness (QED) is 0.841. The van der Waals surface area contributed by atoms with E-state index in [0.717, 1.165) is 44.7 Å². The Hall–Kier alpha value is -1.01. The lowest BCUT2D eigenvalue weighted by atomic mass is 9.97. The van der Waals surface area contributed by atoms with Gasteiger partial charge < -0.3 is 5.11 Å². The summed E-state index contributed by atoms with van der Waals surface area (Å²) in [6, 6.07) is 0.198. The first-order valence-corrected chi connectivity index (χ1v) is 6.74. The van der Waals surface area contributed by atoms with E-state index in [9.17, 15) is 5.11 Å². The van der Waals surface area contributed by atoms with Crippen molar-refractivity contribution in [3.05, 3.63) is 5.82 Å². The zero-order valence-corrected chi connectivity index (χ0v) is 11.5. The van der Waals surface area contributed by atoms with E-state index in [1.807, 2.05) is 18.5 Å². The van der Waals surface area contributed by atoms with Gasteiger partial charge in [-0.15, -0.1) is 5.10 Å². The summed E-state index contributed by atoms with van der Waals surface area (Å²) in [6.45, 7) is 8.45. The molecule has 0 aromatic carbocycles. The van der Waals surface area contributed by atoms with Crippen molar-refractivity contribution in [2.45, 2.75) is 64.8 Å². The summed E-state index contributed by atoms with van der Waals surface area (Å²) < 4.78 is 1.86. The Kier molecular flexibility index (Phi) is 3.97. The van der Waals surface area contributed by atoms with Gasteiger partial charge in [0.05, 0.1) is 12.1 Å². The molecule has 0 aliphatic carbocycles. The number of aromatic nitrogens is 4. The van der Waals surface area contributed by atoms with Crippen LogP contribution in [-0.4, -0.2) is 48.4 Å². The smallest absolute Gasteiger partial charge is 0.165 e. The molecule has 1 fully saturated rings. The maximum absolute atomic E-state index is 10.2. The minimum absolute atomic E-state index is 0.198. The molecule has 102 valence electrons. The Morgan fingerprint density at radius 3 is 2.89 bits per heavy atom. The molecule has 18 heavy (non-hydrogen) atoms. The Bertz CT molecular complexity index is 384. The number of hydrogen-bond donors (Lipinski definition) is 1. The maximum atomic E-state index is 10.2. The molecular weight excluding hydrogens is 230 g/mol. The summed E-state index contributed by atoms with van der Waals surface area (Å²) in [5, 5.41) is 22.0. The van der Waals surface area contributed by atoms with Gasteiger partial charge >= 0.3 is 0 Å². The Morgan fingerprint density at radius 1 is 1.44 bits per heavy atom. The van der Waals surface area contributed by atoms with Crippen molar-refractivity contribution in [3.8, 4) is 0 Å². The highest BCUT2D eigenvalue weighted by molar-refractivity contribution is 4.93. The van der Waals surface area contributed by atoms with Crippen LogP contribution in [0.3, 0.4) is 0 Å². The summed E-state index contributed by atoms with van der Waals surface area (Å²) in [5.41, 5.74) is -0.667. The van der Waals surface area contributed by atoms with E-state index in [4.69, 9.17) is 0 Å². The molecule has 1 atom stereocenters. The predicted molar refractivity (Wildman–Crippen MR) is 67.8 cm³/mol. The molecule has 1 aromatic rings. The molecule has 1 unspecified atom stereocenters. The number of tetrazole rings is 1. The van der Waals surface area contributed by atoms with E-state index in [0.29, 0.717) is 0 Å². The lowest BCUT2D eigenvalue weighted by molar-refractivity contribution is -0.00615. The van der Waals surface area contributed by atoms with E-state index in [1.165, 1.54) is 0 Å². The van der Waals surface area contributed by atoms with E-state index < -0.39 is 5.60 Å². The minimum atomic E-state index is -0.667. The lowest BCUT2D eigenvalue weighted by Crippen LogP contribution is -2.45. The van der Waals surface area contributed by atoms with Crippen molar-refractivity contribution in [3.63, 3.8) is 0 Å². The van der Waals surface area contributed by atoms with Crippen LogP contribution in [0.1, 0.15) is 45.9 Å². The molecule has 2 rings (SSSR count). The van der Waals surface area contributed by atoms with Crippen molar-refractivity contribution >= 4 is 0 Å². The van der Waals surface area contributed by atoms with Crippen LogP contribution in [0.4, 0.5) is 0 Å². The van der Waals surface area contributed by atoms with Gasteiger partial charge in [-0.25, -0.2) is 4.68 Å². The molecule has 6 nitrogen and oxygen atoms in total. The fourth-order valence-electron chi connectivity index (χ4n) is 2.72. The molecule has 1 N–H and O–H groups in total. The molecule has 0 saturated carbocycles. The van der Waals surface area contributed by atoms with Crippen molar-refractivity contribution in [2.24, 2.45) is 0 Å². The molecule has 1 saturated heterocycles. The molecule has 6 heteroatoms. The average molecular weight is 253 g/mol. The summed E-state index contributed by atoms with van der Waals surface area (Å²) >= 11 is 0. The number of hydrogen-bond acceptors (Lipinski definition) is 5. The van der Waals surface area contributed by atoms with Gasteiger partial charge in [-0.3, -0.25) is 4.90 Å². The van der Waals surface area contributed by atoms with Gasteiger partial charge in [0.25, 0.3) is 0 Å². The van der Waals surface area contributed by atoms with E-state index in [-0.39, 0.29) is 6.04 Å². The first-order valence-electron chi connectivity index (χ1n) is 6.74. The van der Waals surface area contributed by atoms with E-state index >= 15 is 0 Å². The molecule has 0 amide bonds. The molecular formula is C12H23N5O. The lowest BCUT2D eigenvalue weighted by Gasteiger charge is -2.33. The number of nitrogens with zero attached hydrogens (tertiary/aromatic N) is 5. The van der Waals surface area contributed by atoms with Crippen molar-refractivity contribution in [2.75, 3.05) is 6.54 Å². The van der Waals surface area contributed by atoms with Crippen LogP contribution >= 0.6 is 0 Å². The largest absolute Gasteiger partial charge is 0.389 e. The average Bonchev–Trinajstić information content (AvgIpc) is 2.88. The third kappa shape index (κ3) is 2.87. The second kappa shape index (κ2) is 5.32. The number of rotatable bonds is 5. The Labute approximate surface area is 108 Å². The molecule has 0 bridgehead atoms. The third-order valence-electron chi connectivity index (χ3n) is 3.57. The summed E-state index contributed by atoms with van der Waals surface area (Å²) in [5.74, 6) is 0.896. The fourth-order valence-corrected chi connectivity index (χ4v) is 2.72.